The molecule has 7 nitrogen and oxygen atoms in total. The zero-order chi connectivity index (χ0) is 18.1. The summed E-state index contributed by atoms with van der Waals surface area (Å²) in [6.07, 6.45) is 1.87. The van der Waals surface area contributed by atoms with Crippen molar-refractivity contribution in [1.82, 2.24) is 25.0 Å². The molecular weight excluding hydrogens is 330 g/mol. The molecule has 0 aliphatic carbocycles. The molecule has 1 amide bonds. The van der Waals surface area contributed by atoms with Gasteiger partial charge in [-0.2, -0.15) is 5.10 Å². The normalized spacial score (nSPS) is 14.3. The van der Waals surface area contributed by atoms with E-state index in [0.29, 0.717) is 6.54 Å². The SMILES string of the molecule is CC(=O)NCc1cc2n(n1)CCN(Cc1cnc3cc(O)ccc3c1)C2. The number of fused-ring (bicyclic) bond motifs is 2. The van der Waals surface area contributed by atoms with E-state index in [1.54, 1.807) is 12.1 Å². The monoisotopic (exact) mass is 351 g/mol. The van der Waals surface area contributed by atoms with Gasteiger partial charge in [0.2, 0.25) is 5.91 Å². The summed E-state index contributed by atoms with van der Waals surface area (Å²) in [5.41, 5.74) is 4.00. The van der Waals surface area contributed by atoms with E-state index in [1.807, 2.05) is 16.9 Å². The molecule has 7 heteroatoms. The Morgan fingerprint density at radius 3 is 3.00 bits per heavy atom. The molecule has 0 fully saturated rings. The molecule has 134 valence electrons. The van der Waals surface area contributed by atoms with Crippen molar-refractivity contribution in [2.45, 2.75) is 33.1 Å². The maximum absolute atomic E-state index is 11.1. The van der Waals surface area contributed by atoms with Crippen LogP contribution in [0.3, 0.4) is 0 Å². The Balaban J connectivity index is 1.45. The van der Waals surface area contributed by atoms with E-state index in [9.17, 15) is 9.90 Å². The highest BCUT2D eigenvalue weighted by molar-refractivity contribution is 5.80. The Morgan fingerprint density at radius 2 is 2.15 bits per heavy atom. The minimum atomic E-state index is -0.0466. The molecule has 3 aromatic rings. The maximum Gasteiger partial charge on any atom is 0.217 e. The predicted octanol–water partition coefficient (Wildman–Crippen LogP) is 1.79. The van der Waals surface area contributed by atoms with E-state index in [-0.39, 0.29) is 11.7 Å². The molecule has 0 saturated heterocycles. The van der Waals surface area contributed by atoms with Gasteiger partial charge in [-0.25, -0.2) is 0 Å². The minimum Gasteiger partial charge on any atom is -0.508 e. The van der Waals surface area contributed by atoms with Crippen LogP contribution in [0.5, 0.6) is 5.75 Å². The Morgan fingerprint density at radius 1 is 1.27 bits per heavy atom. The van der Waals surface area contributed by atoms with Gasteiger partial charge >= 0.3 is 0 Å². The van der Waals surface area contributed by atoms with Gasteiger partial charge in [0.05, 0.1) is 30.0 Å². The largest absolute Gasteiger partial charge is 0.508 e. The van der Waals surface area contributed by atoms with Gasteiger partial charge in [0.15, 0.2) is 0 Å². The van der Waals surface area contributed by atoms with Crippen LogP contribution >= 0.6 is 0 Å². The highest BCUT2D eigenvalue weighted by atomic mass is 16.3. The van der Waals surface area contributed by atoms with Gasteiger partial charge in [0, 0.05) is 44.2 Å². The lowest BCUT2D eigenvalue weighted by atomic mass is 10.1. The van der Waals surface area contributed by atoms with Crippen LogP contribution in [-0.2, 0) is 31.0 Å². The molecule has 0 atom stereocenters. The number of nitrogens with zero attached hydrogens (tertiary/aromatic N) is 4. The number of rotatable bonds is 4. The van der Waals surface area contributed by atoms with Crippen LogP contribution in [0.25, 0.3) is 10.9 Å². The van der Waals surface area contributed by atoms with E-state index < -0.39 is 0 Å². The number of benzene rings is 1. The lowest BCUT2D eigenvalue weighted by Crippen LogP contribution is -2.33. The summed E-state index contributed by atoms with van der Waals surface area (Å²) in [5.74, 6) is 0.187. The van der Waals surface area contributed by atoms with E-state index in [2.05, 4.69) is 32.4 Å². The van der Waals surface area contributed by atoms with E-state index in [1.165, 1.54) is 6.92 Å². The van der Waals surface area contributed by atoms with Gasteiger partial charge in [0.1, 0.15) is 5.75 Å². The van der Waals surface area contributed by atoms with Gasteiger partial charge in [-0.05, 0) is 29.8 Å². The van der Waals surface area contributed by atoms with Crippen molar-refractivity contribution in [3.63, 3.8) is 0 Å². The first-order chi connectivity index (χ1) is 12.6. The fourth-order valence-electron chi connectivity index (χ4n) is 3.32. The third-order valence-corrected chi connectivity index (χ3v) is 4.58. The number of carbonyl (C=O) groups excluding carboxylic acids is 1. The van der Waals surface area contributed by atoms with Crippen molar-refractivity contribution in [3.05, 3.63) is 53.5 Å². The second-order valence-electron chi connectivity index (χ2n) is 6.69. The van der Waals surface area contributed by atoms with Crippen LogP contribution in [0.15, 0.2) is 36.5 Å². The second kappa shape index (κ2) is 6.76. The molecule has 26 heavy (non-hydrogen) atoms. The van der Waals surface area contributed by atoms with E-state index >= 15 is 0 Å². The molecule has 1 aliphatic heterocycles. The quantitative estimate of drug-likeness (QED) is 0.749. The number of nitrogens with one attached hydrogen (secondary N) is 1. The van der Waals surface area contributed by atoms with Crippen LogP contribution < -0.4 is 5.32 Å². The fourth-order valence-corrected chi connectivity index (χ4v) is 3.32. The Kier molecular flexibility index (Phi) is 4.30. The summed E-state index contributed by atoms with van der Waals surface area (Å²) in [6, 6.07) is 9.43. The molecule has 2 N–H and O–H groups in total. The first kappa shape index (κ1) is 16.5. The highest BCUT2D eigenvalue weighted by Gasteiger charge is 2.18. The van der Waals surface area contributed by atoms with E-state index in [4.69, 9.17) is 0 Å². The molecule has 0 radical (unpaired) electrons. The molecule has 0 saturated carbocycles. The molecule has 3 heterocycles. The standard InChI is InChI=1S/C19H21N5O2/c1-13(25)20-10-16-7-17-12-23(4-5-24(17)22-16)11-14-6-15-2-3-18(26)8-19(15)21-9-14/h2-3,6-9,26H,4-5,10-12H2,1H3,(H,20,25). The van der Waals surface area contributed by atoms with Gasteiger partial charge < -0.3 is 10.4 Å². The van der Waals surface area contributed by atoms with Gasteiger partial charge in [0.25, 0.3) is 0 Å². The Hall–Kier alpha value is -2.93. The first-order valence-electron chi connectivity index (χ1n) is 8.67. The third-order valence-electron chi connectivity index (χ3n) is 4.58. The van der Waals surface area contributed by atoms with Crippen molar-refractivity contribution in [2.75, 3.05) is 6.54 Å². The summed E-state index contributed by atoms with van der Waals surface area (Å²) >= 11 is 0. The first-order valence-corrected chi connectivity index (χ1v) is 8.67. The summed E-state index contributed by atoms with van der Waals surface area (Å²) in [5, 5.41) is 17.9. The zero-order valence-corrected chi connectivity index (χ0v) is 14.6. The number of phenolic OH excluding ortho intramolecular Hbond substituents is 1. The van der Waals surface area contributed by atoms with Crippen molar-refractivity contribution < 1.29 is 9.90 Å². The van der Waals surface area contributed by atoms with Gasteiger partial charge in [-0.1, -0.05) is 0 Å². The molecule has 0 unspecified atom stereocenters. The van der Waals surface area contributed by atoms with E-state index in [0.717, 1.165) is 54.0 Å². The average Bonchev–Trinajstić information content (AvgIpc) is 3.02. The Bertz CT molecular complexity index is 966. The number of amides is 1. The summed E-state index contributed by atoms with van der Waals surface area (Å²) in [7, 11) is 0. The zero-order valence-electron chi connectivity index (χ0n) is 14.6. The van der Waals surface area contributed by atoms with Crippen molar-refractivity contribution in [3.8, 4) is 5.75 Å². The third kappa shape index (κ3) is 3.52. The van der Waals surface area contributed by atoms with Gasteiger partial charge in [-0.3, -0.25) is 19.4 Å². The molecular formula is C19H21N5O2. The summed E-state index contributed by atoms with van der Waals surface area (Å²) in [4.78, 5) is 17.9. The van der Waals surface area contributed by atoms with Crippen LogP contribution in [0.2, 0.25) is 0 Å². The van der Waals surface area contributed by atoms with Gasteiger partial charge in [-0.15, -0.1) is 0 Å². The Labute approximate surface area is 151 Å². The lowest BCUT2D eigenvalue weighted by Gasteiger charge is -2.27. The second-order valence-corrected chi connectivity index (χ2v) is 6.69. The fraction of sp³-hybridized carbons (Fsp3) is 0.316. The van der Waals surface area contributed by atoms with Crippen LogP contribution in [-0.4, -0.2) is 37.2 Å². The molecule has 0 bridgehead atoms. The highest BCUT2D eigenvalue weighted by Crippen LogP contribution is 2.21. The molecule has 1 aliphatic rings. The van der Waals surface area contributed by atoms with Crippen LogP contribution in [0.1, 0.15) is 23.9 Å². The average molecular weight is 351 g/mol. The smallest absolute Gasteiger partial charge is 0.217 e. The van der Waals surface area contributed by atoms with Crippen molar-refractivity contribution in [2.24, 2.45) is 0 Å². The number of hydrogen-bond acceptors (Lipinski definition) is 5. The number of aromatic hydroxyl groups is 1. The number of carbonyl (C=O) groups is 1. The number of hydrogen-bond donors (Lipinski definition) is 2. The minimum absolute atomic E-state index is 0.0466. The number of pyridine rings is 1. The topological polar surface area (TPSA) is 83.3 Å². The number of phenols is 1. The molecule has 4 rings (SSSR count). The summed E-state index contributed by atoms with van der Waals surface area (Å²) < 4.78 is 2.02. The molecule has 2 aromatic heterocycles. The summed E-state index contributed by atoms with van der Waals surface area (Å²) in [6.45, 7) is 5.37. The molecule has 1 aromatic carbocycles. The molecule has 0 spiro atoms. The maximum atomic E-state index is 11.1. The van der Waals surface area contributed by atoms with Crippen molar-refractivity contribution in [1.29, 1.82) is 0 Å². The lowest BCUT2D eigenvalue weighted by molar-refractivity contribution is -0.119. The number of aromatic nitrogens is 3. The van der Waals surface area contributed by atoms with Crippen LogP contribution in [0.4, 0.5) is 0 Å². The van der Waals surface area contributed by atoms with Crippen molar-refractivity contribution >= 4 is 16.8 Å². The predicted molar refractivity (Wildman–Crippen MR) is 97.3 cm³/mol. The van der Waals surface area contributed by atoms with Crippen LogP contribution in [0, 0.1) is 0 Å².